The number of nitrogens with zero attached hydrogens (tertiary/aromatic N) is 2. The molecule has 256 valence electrons. The second-order valence-electron chi connectivity index (χ2n) is 15.4. The van der Waals surface area contributed by atoms with E-state index in [1.807, 2.05) is 24.3 Å². The lowest BCUT2D eigenvalue weighted by Gasteiger charge is -2.13. The van der Waals surface area contributed by atoms with Gasteiger partial charge in [-0.2, -0.15) is 5.26 Å². The second kappa shape index (κ2) is 11.0. The maximum Gasteiger partial charge on any atom is 0.195 e. The van der Waals surface area contributed by atoms with E-state index in [0.29, 0.717) is 11.3 Å². The van der Waals surface area contributed by atoms with Gasteiger partial charge in [-0.15, -0.1) is 0 Å². The first-order valence-corrected chi connectivity index (χ1v) is 19.1. The number of rotatable bonds is 2. The van der Waals surface area contributed by atoms with Gasteiger partial charge < -0.3 is 0 Å². The van der Waals surface area contributed by atoms with Crippen LogP contribution in [0.1, 0.15) is 16.7 Å². The molecule has 0 fully saturated rings. The summed E-state index contributed by atoms with van der Waals surface area (Å²) in [6.07, 6.45) is 0. The van der Waals surface area contributed by atoms with E-state index >= 15 is 0 Å². The van der Waals surface area contributed by atoms with Crippen molar-refractivity contribution in [2.45, 2.75) is 13.8 Å². The van der Waals surface area contributed by atoms with Crippen LogP contribution in [0.4, 0.5) is 5.69 Å². The Bertz CT molecular complexity index is 3330. The maximum absolute atomic E-state index is 10.0. The summed E-state index contributed by atoms with van der Waals surface area (Å²) in [7, 11) is 0. The highest BCUT2D eigenvalue weighted by molar-refractivity contribution is 6.26. The molecule has 2 aliphatic carbocycles. The average Bonchev–Trinajstić information content (AvgIpc) is 3.72. The standard InChI is InChI=1S/C54H30N2/c1-29-8-4-10-33(28-55)51(29)40-20-22-42-46-24-31-16-18-35-34(44(31)26-48(46)38-13-6-11-36(40)53(38)42)19-17-32-25-47-43-23-21-41(52-30(2)9-5-15-50(52)56-3)37-12-7-14-39(54(37)43)49(47)27-45(32)35/h4-27H,1-2H3. The summed E-state index contributed by atoms with van der Waals surface area (Å²) < 4.78 is 0. The molecule has 0 aromatic heterocycles. The number of nitriles is 1. The van der Waals surface area contributed by atoms with Crippen LogP contribution in [-0.4, -0.2) is 0 Å². The Kier molecular flexibility index (Phi) is 6.08. The van der Waals surface area contributed by atoms with Gasteiger partial charge in [0, 0.05) is 5.56 Å². The number of benzene rings is 10. The van der Waals surface area contributed by atoms with Gasteiger partial charge in [0.2, 0.25) is 0 Å². The largest absolute Gasteiger partial charge is 0.238 e. The molecule has 2 aliphatic rings. The van der Waals surface area contributed by atoms with Crippen molar-refractivity contribution in [3.63, 3.8) is 0 Å². The maximum atomic E-state index is 10.0. The molecule has 0 radical (unpaired) electrons. The Hall–Kier alpha value is -7.52. The third kappa shape index (κ3) is 3.93. The molecule has 0 atom stereocenters. The van der Waals surface area contributed by atoms with E-state index in [1.165, 1.54) is 98.4 Å². The van der Waals surface area contributed by atoms with Crippen LogP contribution in [0.2, 0.25) is 0 Å². The third-order valence-corrected chi connectivity index (χ3v) is 12.7. The Labute approximate surface area is 324 Å². The predicted molar refractivity (Wildman–Crippen MR) is 234 cm³/mol. The Morgan fingerprint density at radius 2 is 0.875 bits per heavy atom. The Morgan fingerprint density at radius 1 is 0.411 bits per heavy atom. The van der Waals surface area contributed by atoms with Gasteiger partial charge in [-0.3, -0.25) is 0 Å². The highest BCUT2D eigenvalue weighted by Crippen LogP contribution is 2.54. The molecule has 2 nitrogen and oxygen atoms in total. The van der Waals surface area contributed by atoms with E-state index in [9.17, 15) is 5.26 Å². The number of aryl methyl sites for hydroxylation is 2. The van der Waals surface area contributed by atoms with E-state index < -0.39 is 0 Å². The van der Waals surface area contributed by atoms with Crippen molar-refractivity contribution in [3.8, 4) is 72.8 Å². The fourth-order valence-corrected chi connectivity index (χ4v) is 10.2. The topological polar surface area (TPSA) is 28.1 Å². The van der Waals surface area contributed by atoms with Gasteiger partial charge in [0.1, 0.15) is 0 Å². The first-order chi connectivity index (χ1) is 27.5. The summed E-state index contributed by atoms with van der Waals surface area (Å²) >= 11 is 0. The van der Waals surface area contributed by atoms with Gasteiger partial charge in [0.15, 0.2) is 5.69 Å². The molecule has 0 bridgehead atoms. The van der Waals surface area contributed by atoms with Crippen LogP contribution < -0.4 is 0 Å². The number of hydrogen-bond acceptors (Lipinski definition) is 1. The summed E-state index contributed by atoms with van der Waals surface area (Å²) in [5.41, 5.74) is 18.0. The lowest BCUT2D eigenvalue weighted by Crippen LogP contribution is -1.90. The molecule has 10 aromatic carbocycles. The summed E-state index contributed by atoms with van der Waals surface area (Å²) in [6.45, 7) is 12.1. The molecule has 0 amide bonds. The molecule has 0 N–H and O–H groups in total. The van der Waals surface area contributed by atoms with Gasteiger partial charge in [-0.05, 0) is 165 Å². The summed E-state index contributed by atoms with van der Waals surface area (Å²) in [6, 6.07) is 55.5. The molecule has 0 spiro atoms. The third-order valence-electron chi connectivity index (χ3n) is 12.7. The van der Waals surface area contributed by atoms with Crippen LogP contribution >= 0.6 is 0 Å². The van der Waals surface area contributed by atoms with Crippen molar-refractivity contribution in [1.29, 1.82) is 5.26 Å². The van der Waals surface area contributed by atoms with Crippen LogP contribution in [0.5, 0.6) is 0 Å². The minimum Gasteiger partial charge on any atom is -0.238 e. The normalized spacial score (nSPS) is 12.1. The van der Waals surface area contributed by atoms with Crippen molar-refractivity contribution in [3.05, 3.63) is 174 Å². The Balaban J connectivity index is 1.05. The molecule has 0 saturated heterocycles. The molecular formula is C54H30N2. The first kappa shape index (κ1) is 30.9. The van der Waals surface area contributed by atoms with Crippen LogP contribution in [0, 0.1) is 31.8 Å². The summed E-state index contributed by atoms with van der Waals surface area (Å²) in [4.78, 5) is 3.91. The second-order valence-corrected chi connectivity index (χ2v) is 15.4. The lowest BCUT2D eigenvalue weighted by molar-refractivity contribution is 1.42. The zero-order valence-corrected chi connectivity index (χ0v) is 30.8. The molecule has 0 heterocycles. The minimum absolute atomic E-state index is 0.693. The van der Waals surface area contributed by atoms with E-state index in [4.69, 9.17) is 6.57 Å². The number of fused-ring (bicyclic) bond motifs is 11. The molecule has 10 aromatic rings. The van der Waals surface area contributed by atoms with E-state index in [-0.39, 0.29) is 0 Å². The Morgan fingerprint density at radius 3 is 1.43 bits per heavy atom. The highest BCUT2D eigenvalue weighted by Gasteiger charge is 2.27. The van der Waals surface area contributed by atoms with Gasteiger partial charge >= 0.3 is 0 Å². The molecule has 0 unspecified atom stereocenters. The van der Waals surface area contributed by atoms with E-state index in [2.05, 4.69) is 146 Å². The molecule has 0 saturated carbocycles. The van der Waals surface area contributed by atoms with Gasteiger partial charge in [-0.25, -0.2) is 4.85 Å². The van der Waals surface area contributed by atoms with Gasteiger partial charge in [0.05, 0.1) is 18.2 Å². The van der Waals surface area contributed by atoms with Crippen molar-refractivity contribution < 1.29 is 0 Å². The van der Waals surface area contributed by atoms with Crippen molar-refractivity contribution in [2.24, 2.45) is 0 Å². The van der Waals surface area contributed by atoms with Crippen molar-refractivity contribution >= 4 is 59.5 Å². The SMILES string of the molecule is [C-]#[N+]c1cccc(C)c1-c1ccc2c3c(cccc13)-c1cc3c(ccc4c5cc6c(cc5ccc34)-c3ccc(-c4c(C)cccc4C#N)c4cccc-6c34)cc1-2. The van der Waals surface area contributed by atoms with E-state index in [0.717, 1.165) is 33.4 Å². The van der Waals surface area contributed by atoms with E-state index in [1.54, 1.807) is 0 Å². The van der Waals surface area contributed by atoms with Crippen LogP contribution in [0.25, 0.3) is 125 Å². The first-order valence-electron chi connectivity index (χ1n) is 19.1. The lowest BCUT2D eigenvalue weighted by atomic mass is 9.89. The predicted octanol–water partition coefficient (Wildman–Crippen LogP) is 15.1. The molecule has 2 heteroatoms. The van der Waals surface area contributed by atoms with Crippen LogP contribution in [0.15, 0.2) is 146 Å². The fraction of sp³-hybridized carbons (Fsp3) is 0.0370. The van der Waals surface area contributed by atoms with Crippen molar-refractivity contribution in [1.82, 2.24) is 0 Å². The smallest absolute Gasteiger partial charge is 0.195 e. The van der Waals surface area contributed by atoms with Gasteiger partial charge in [0.25, 0.3) is 0 Å². The molecule has 12 rings (SSSR count). The molecular weight excluding hydrogens is 677 g/mol. The quantitative estimate of drug-likeness (QED) is 0.130. The zero-order chi connectivity index (χ0) is 37.4. The minimum atomic E-state index is 0.693. The fourth-order valence-electron chi connectivity index (χ4n) is 10.2. The highest BCUT2D eigenvalue weighted by atomic mass is 14.6. The zero-order valence-electron chi connectivity index (χ0n) is 30.8. The molecule has 0 aliphatic heterocycles. The summed E-state index contributed by atoms with van der Waals surface area (Å²) in [5.74, 6) is 0. The van der Waals surface area contributed by atoms with Crippen molar-refractivity contribution in [2.75, 3.05) is 0 Å². The van der Waals surface area contributed by atoms with Crippen LogP contribution in [0.3, 0.4) is 0 Å². The van der Waals surface area contributed by atoms with Crippen LogP contribution in [-0.2, 0) is 0 Å². The van der Waals surface area contributed by atoms with Gasteiger partial charge in [-0.1, -0.05) is 121 Å². The molecule has 56 heavy (non-hydrogen) atoms. The number of hydrogen-bond donors (Lipinski definition) is 0. The monoisotopic (exact) mass is 706 g/mol. The summed E-state index contributed by atoms with van der Waals surface area (Å²) in [5, 5.41) is 22.4. The average molecular weight is 707 g/mol.